The van der Waals surface area contributed by atoms with Gasteiger partial charge >= 0.3 is 5.97 Å². The number of nitrogens with zero attached hydrogens (tertiary/aromatic N) is 2. The summed E-state index contributed by atoms with van der Waals surface area (Å²) < 4.78 is 5.50. The monoisotopic (exact) mass is 431 g/mol. The van der Waals surface area contributed by atoms with Crippen LogP contribution in [0.1, 0.15) is 46.6 Å². The molecule has 166 valence electrons. The number of aromatic nitrogens is 1. The molecule has 32 heavy (non-hydrogen) atoms. The second kappa shape index (κ2) is 9.09. The number of rotatable bonds is 5. The molecule has 3 aromatic rings. The first-order valence-electron chi connectivity index (χ1n) is 11.0. The Hall–Kier alpha value is -3.25. The Labute approximate surface area is 188 Å². The molecule has 1 amide bonds. The third-order valence-electron chi connectivity index (χ3n) is 6.01. The van der Waals surface area contributed by atoms with Crippen LogP contribution in [0.5, 0.6) is 0 Å². The lowest BCUT2D eigenvalue weighted by Crippen LogP contribution is -2.37. The van der Waals surface area contributed by atoms with Crippen LogP contribution in [0.4, 0.5) is 5.69 Å². The van der Waals surface area contributed by atoms with Gasteiger partial charge in [0.1, 0.15) is 0 Å². The van der Waals surface area contributed by atoms with Crippen molar-refractivity contribution in [2.75, 3.05) is 18.5 Å². The molecule has 6 heteroatoms. The van der Waals surface area contributed by atoms with Crippen molar-refractivity contribution in [1.29, 1.82) is 0 Å². The Balaban J connectivity index is 1.58. The molecule has 0 saturated heterocycles. The summed E-state index contributed by atoms with van der Waals surface area (Å²) in [5.74, 6) is -0.843. The number of benzene rings is 2. The normalized spacial score (nSPS) is 13.8. The van der Waals surface area contributed by atoms with Crippen molar-refractivity contribution >= 4 is 28.5 Å². The van der Waals surface area contributed by atoms with E-state index in [-0.39, 0.29) is 12.5 Å². The lowest BCUT2D eigenvalue weighted by Gasteiger charge is -2.32. The van der Waals surface area contributed by atoms with Crippen molar-refractivity contribution in [3.05, 3.63) is 70.4 Å². The first kappa shape index (κ1) is 22.0. The van der Waals surface area contributed by atoms with E-state index in [1.54, 1.807) is 0 Å². The van der Waals surface area contributed by atoms with Gasteiger partial charge in [-0.2, -0.15) is 0 Å². The van der Waals surface area contributed by atoms with Crippen LogP contribution in [0.15, 0.2) is 42.5 Å². The van der Waals surface area contributed by atoms with E-state index in [1.165, 1.54) is 0 Å². The summed E-state index contributed by atoms with van der Waals surface area (Å²) in [7, 11) is 0. The van der Waals surface area contributed by atoms with Crippen molar-refractivity contribution in [3.8, 4) is 0 Å². The lowest BCUT2D eigenvalue weighted by molar-refractivity contribution is -0.119. The highest BCUT2D eigenvalue weighted by molar-refractivity contribution is 6.06. The number of carbonyl (C=O) groups is 2. The quantitative estimate of drug-likeness (QED) is 0.606. The Morgan fingerprint density at radius 3 is 2.72 bits per heavy atom. The van der Waals surface area contributed by atoms with Crippen LogP contribution in [0.3, 0.4) is 0 Å². The third kappa shape index (κ3) is 4.50. The van der Waals surface area contributed by atoms with Crippen LogP contribution in [0, 0.1) is 13.8 Å². The molecule has 6 nitrogen and oxygen atoms in total. The van der Waals surface area contributed by atoms with Gasteiger partial charge in [0.25, 0.3) is 5.91 Å². The molecule has 0 unspecified atom stereocenters. The summed E-state index contributed by atoms with van der Waals surface area (Å²) in [6.07, 6.45) is 0.783. The first-order valence-corrected chi connectivity index (χ1v) is 11.0. The molecule has 4 rings (SSSR count). The SMILES string of the molecule is Cc1ccc(C)c(NC(=O)COC(=O)c2c3c(nc4ccccc24)CCN(C(C)C)C3)c1. The maximum absolute atomic E-state index is 13.2. The Morgan fingerprint density at radius 2 is 1.94 bits per heavy atom. The van der Waals surface area contributed by atoms with Crippen LogP contribution in [-0.4, -0.2) is 41.0 Å². The fraction of sp³-hybridized carbons (Fsp3) is 0.346. The number of hydrogen-bond acceptors (Lipinski definition) is 5. The van der Waals surface area contributed by atoms with Crippen LogP contribution < -0.4 is 5.32 Å². The van der Waals surface area contributed by atoms with Gasteiger partial charge in [0.15, 0.2) is 6.61 Å². The Morgan fingerprint density at radius 1 is 1.16 bits per heavy atom. The predicted octanol–water partition coefficient (Wildman–Crippen LogP) is 4.41. The lowest BCUT2D eigenvalue weighted by atomic mass is 9.95. The molecule has 1 aliphatic rings. The van der Waals surface area contributed by atoms with Crippen molar-refractivity contribution < 1.29 is 14.3 Å². The van der Waals surface area contributed by atoms with Gasteiger partial charge in [-0.1, -0.05) is 30.3 Å². The van der Waals surface area contributed by atoms with Crippen molar-refractivity contribution in [3.63, 3.8) is 0 Å². The number of aryl methyl sites for hydroxylation is 2. The molecule has 0 aliphatic carbocycles. The number of nitrogens with one attached hydrogen (secondary N) is 1. The molecule has 1 aliphatic heterocycles. The number of fused-ring (bicyclic) bond motifs is 2. The molecule has 0 spiro atoms. The number of amides is 1. The molecule has 0 atom stereocenters. The molecule has 0 bridgehead atoms. The molecule has 0 fully saturated rings. The maximum atomic E-state index is 13.2. The largest absolute Gasteiger partial charge is 0.452 e. The van der Waals surface area contributed by atoms with Crippen molar-refractivity contribution in [2.24, 2.45) is 0 Å². The van der Waals surface area contributed by atoms with E-state index >= 15 is 0 Å². The van der Waals surface area contributed by atoms with Gasteiger partial charge in [-0.15, -0.1) is 0 Å². The summed E-state index contributed by atoms with van der Waals surface area (Å²) in [5, 5.41) is 3.60. The minimum absolute atomic E-state index is 0.342. The van der Waals surface area contributed by atoms with E-state index in [2.05, 4.69) is 24.1 Å². The van der Waals surface area contributed by atoms with Gasteiger partial charge in [-0.25, -0.2) is 4.79 Å². The molecule has 2 aromatic carbocycles. The summed E-state index contributed by atoms with van der Waals surface area (Å²) >= 11 is 0. The Kier molecular flexibility index (Phi) is 6.24. The van der Waals surface area contributed by atoms with E-state index in [0.717, 1.165) is 51.9 Å². The van der Waals surface area contributed by atoms with Gasteiger partial charge in [0, 0.05) is 47.9 Å². The van der Waals surface area contributed by atoms with Gasteiger partial charge in [0.2, 0.25) is 0 Å². The number of hydrogen-bond donors (Lipinski definition) is 1. The zero-order valence-corrected chi connectivity index (χ0v) is 19.1. The number of pyridine rings is 1. The van der Waals surface area contributed by atoms with Gasteiger partial charge in [-0.05, 0) is 51.0 Å². The fourth-order valence-electron chi connectivity index (χ4n) is 4.15. The summed E-state index contributed by atoms with van der Waals surface area (Å²) in [5.41, 5.74) is 5.87. The third-order valence-corrected chi connectivity index (χ3v) is 6.01. The van der Waals surface area contributed by atoms with E-state index in [9.17, 15) is 9.59 Å². The molecular formula is C26H29N3O3. The molecule has 0 radical (unpaired) electrons. The number of anilines is 1. The second-order valence-electron chi connectivity index (χ2n) is 8.69. The van der Waals surface area contributed by atoms with Crippen molar-refractivity contribution in [1.82, 2.24) is 9.88 Å². The number of carbonyl (C=O) groups excluding carboxylic acids is 2. The summed E-state index contributed by atoms with van der Waals surface area (Å²) in [4.78, 5) is 32.9. The summed E-state index contributed by atoms with van der Waals surface area (Å²) in [6.45, 7) is 9.40. The number of esters is 1. The molecule has 2 heterocycles. The zero-order chi connectivity index (χ0) is 22.8. The van der Waals surface area contributed by atoms with Crippen LogP contribution in [0.2, 0.25) is 0 Å². The standard InChI is InChI=1S/C26H29N3O3/c1-16(2)29-12-11-22-20(14-29)25(19-7-5-6-8-21(19)27-22)26(31)32-15-24(30)28-23-13-17(3)9-10-18(23)4/h5-10,13,16H,11-12,14-15H2,1-4H3,(H,28,30). The number of para-hydroxylation sites is 1. The first-order chi connectivity index (χ1) is 15.3. The zero-order valence-electron chi connectivity index (χ0n) is 19.1. The van der Waals surface area contributed by atoms with Crippen LogP contribution in [0.25, 0.3) is 10.9 Å². The minimum atomic E-state index is -0.485. The van der Waals surface area contributed by atoms with Gasteiger partial charge < -0.3 is 10.1 Å². The highest BCUT2D eigenvalue weighted by Gasteiger charge is 2.27. The molecule has 1 aromatic heterocycles. The van der Waals surface area contributed by atoms with Crippen LogP contribution in [-0.2, 0) is 22.5 Å². The van der Waals surface area contributed by atoms with E-state index in [0.29, 0.717) is 18.2 Å². The smallest absolute Gasteiger partial charge is 0.339 e. The van der Waals surface area contributed by atoms with Gasteiger partial charge in [-0.3, -0.25) is 14.7 Å². The summed E-state index contributed by atoms with van der Waals surface area (Å²) in [6, 6.07) is 13.8. The molecular weight excluding hydrogens is 402 g/mol. The topological polar surface area (TPSA) is 71.5 Å². The Bertz CT molecular complexity index is 1190. The highest BCUT2D eigenvalue weighted by atomic mass is 16.5. The fourth-order valence-corrected chi connectivity index (χ4v) is 4.15. The van der Waals surface area contributed by atoms with Gasteiger partial charge in [0.05, 0.1) is 11.1 Å². The van der Waals surface area contributed by atoms with E-state index < -0.39 is 5.97 Å². The maximum Gasteiger partial charge on any atom is 0.339 e. The highest BCUT2D eigenvalue weighted by Crippen LogP contribution is 2.29. The number of ether oxygens (including phenoxy) is 1. The predicted molar refractivity (Wildman–Crippen MR) is 126 cm³/mol. The molecule has 0 saturated carbocycles. The molecule has 1 N–H and O–H groups in total. The van der Waals surface area contributed by atoms with Crippen LogP contribution >= 0.6 is 0 Å². The van der Waals surface area contributed by atoms with Crippen molar-refractivity contribution in [2.45, 2.75) is 46.7 Å². The average molecular weight is 432 g/mol. The average Bonchev–Trinajstić information content (AvgIpc) is 2.77. The minimum Gasteiger partial charge on any atom is -0.452 e. The second-order valence-corrected chi connectivity index (χ2v) is 8.69. The van der Waals surface area contributed by atoms with E-state index in [1.807, 2.05) is 56.3 Å². The van der Waals surface area contributed by atoms with E-state index in [4.69, 9.17) is 9.72 Å².